The van der Waals surface area contributed by atoms with E-state index in [4.69, 9.17) is 9.41 Å². The number of hydrogen-bond donors (Lipinski definition) is 1. The number of aliphatic imine (C=N–C) groups is 1. The first-order valence-corrected chi connectivity index (χ1v) is 23.9. The molecule has 0 spiro atoms. The van der Waals surface area contributed by atoms with Gasteiger partial charge in [-0.3, -0.25) is 14.5 Å². The highest BCUT2D eigenvalue weighted by Gasteiger charge is 2.32. The molecule has 338 valence electrons. The minimum Gasteiger partial charge on any atom is -0.508 e. The molecule has 0 saturated carbocycles. The van der Waals surface area contributed by atoms with E-state index in [0.717, 1.165) is 79.5 Å². The van der Waals surface area contributed by atoms with E-state index >= 15 is 0 Å². The quantitative estimate of drug-likeness (QED) is 0.169. The molecular weight excluding hydrogens is 825 g/mol. The van der Waals surface area contributed by atoms with Crippen molar-refractivity contribution in [2.45, 2.75) is 79.2 Å². The Labute approximate surface area is 389 Å². The number of anilines is 2. The number of phenolic OH excluding ortho intramolecular Hbond substituents is 1. The van der Waals surface area contributed by atoms with Crippen molar-refractivity contribution in [1.29, 1.82) is 0 Å². The number of nitrogens with zero attached hydrogens (tertiary/aromatic N) is 8. The first-order chi connectivity index (χ1) is 31.4. The van der Waals surface area contributed by atoms with Crippen LogP contribution in [0.3, 0.4) is 0 Å². The van der Waals surface area contributed by atoms with Crippen molar-refractivity contribution in [1.82, 2.24) is 24.6 Å². The van der Waals surface area contributed by atoms with Gasteiger partial charge in [0.1, 0.15) is 28.9 Å². The summed E-state index contributed by atoms with van der Waals surface area (Å²) in [5.41, 5.74) is 9.95. The number of rotatable bonds is 7. The van der Waals surface area contributed by atoms with E-state index < -0.39 is 0 Å². The van der Waals surface area contributed by atoms with E-state index in [1.165, 1.54) is 77.2 Å². The van der Waals surface area contributed by atoms with Gasteiger partial charge in [-0.2, -0.15) is 0 Å². The Morgan fingerprint density at radius 3 is 2.05 bits per heavy atom. The van der Waals surface area contributed by atoms with E-state index in [0.29, 0.717) is 18.1 Å². The van der Waals surface area contributed by atoms with Crippen LogP contribution in [0.1, 0.15) is 89.4 Å². The summed E-state index contributed by atoms with van der Waals surface area (Å²) in [4.78, 5) is 18.8. The standard InChI is InChI=1S/C37H42N8OS.C10H12O.C6H6.CH4/c1-25-26(2)47-37-34(25)35(39-32(23-33-38-15-22-46-33)36-41-40-27(3)45(36)37)29-9-11-31(12-10-29)44-20-18-42(19-21-44)24-28-13-16-43(17-14-28)30-7-5-4-6-8-30;11-10-6-5-8-3-1-2-4-9(8)7-10;1-2-4-6-5-3-1;/h4-12,15,22,28,32H,13-14,16-21,23-24H2,1-3H3;5-7,11H,1-4H2;1-6H;1H4. The van der Waals surface area contributed by atoms with Crippen molar-refractivity contribution in [2.75, 3.05) is 55.6 Å². The lowest BCUT2D eigenvalue weighted by Crippen LogP contribution is -2.49. The van der Waals surface area contributed by atoms with Crippen LogP contribution in [-0.2, 0) is 19.3 Å². The fourth-order valence-electron chi connectivity index (χ4n) is 9.55. The SMILES string of the molecule is C.Cc1sc2c(c1C)C(c1ccc(N3CCN(CC4CCN(c5ccccc5)CC4)CC3)cc1)=NC(Cc1ncco1)c1nnc(C)n1-2.Oc1ccc2c(c1)CCCC2.c1ccccc1. The maximum atomic E-state index is 9.19. The van der Waals surface area contributed by atoms with Crippen molar-refractivity contribution < 1.29 is 9.52 Å². The van der Waals surface area contributed by atoms with Crippen molar-refractivity contribution in [3.8, 4) is 10.8 Å². The number of benzene rings is 4. The van der Waals surface area contributed by atoms with E-state index in [1.54, 1.807) is 29.9 Å². The number of aromatic hydroxyl groups is 1. The van der Waals surface area contributed by atoms with E-state index in [2.05, 4.69) is 103 Å². The molecular formula is C54H64N8O2S. The summed E-state index contributed by atoms with van der Waals surface area (Å²) in [6.07, 6.45) is 11.3. The first-order valence-electron chi connectivity index (χ1n) is 23.0. The molecule has 3 aliphatic heterocycles. The summed E-state index contributed by atoms with van der Waals surface area (Å²) >= 11 is 1.79. The minimum atomic E-state index is -0.262. The smallest absolute Gasteiger partial charge is 0.196 e. The molecule has 10 nitrogen and oxygen atoms in total. The number of oxazole rings is 1. The molecule has 0 radical (unpaired) electrons. The number of aromatic nitrogens is 4. The molecule has 65 heavy (non-hydrogen) atoms. The van der Waals surface area contributed by atoms with Crippen LogP contribution < -0.4 is 9.80 Å². The van der Waals surface area contributed by atoms with Gasteiger partial charge in [0.05, 0.1) is 18.3 Å². The average molecular weight is 889 g/mol. The van der Waals surface area contributed by atoms with Gasteiger partial charge in [-0.05, 0) is 118 Å². The molecule has 0 amide bonds. The Morgan fingerprint density at radius 1 is 0.723 bits per heavy atom. The summed E-state index contributed by atoms with van der Waals surface area (Å²) in [5, 5.41) is 19.4. The lowest BCUT2D eigenvalue weighted by Gasteiger charge is -2.40. The summed E-state index contributed by atoms with van der Waals surface area (Å²) in [6, 6.07) is 37.4. The van der Waals surface area contributed by atoms with Gasteiger partial charge >= 0.3 is 0 Å². The largest absolute Gasteiger partial charge is 0.508 e. The number of piperazine rings is 1. The summed E-state index contributed by atoms with van der Waals surface area (Å²) in [5.74, 6) is 3.54. The predicted molar refractivity (Wildman–Crippen MR) is 266 cm³/mol. The molecule has 0 bridgehead atoms. The second-order valence-electron chi connectivity index (χ2n) is 17.4. The monoisotopic (exact) mass is 888 g/mol. The Morgan fingerprint density at radius 2 is 1.37 bits per heavy atom. The summed E-state index contributed by atoms with van der Waals surface area (Å²) < 4.78 is 7.83. The highest BCUT2D eigenvalue weighted by molar-refractivity contribution is 7.15. The Balaban J connectivity index is 0.000000266. The van der Waals surface area contributed by atoms with E-state index in [-0.39, 0.29) is 13.5 Å². The maximum absolute atomic E-state index is 9.19. The Hall–Kier alpha value is -6.04. The van der Waals surface area contributed by atoms with Crippen LogP contribution in [-0.4, -0.2) is 81.3 Å². The summed E-state index contributed by atoms with van der Waals surface area (Å²) in [7, 11) is 0. The second kappa shape index (κ2) is 21.3. The molecule has 4 aliphatic rings. The molecule has 7 aromatic rings. The third-order valence-corrected chi connectivity index (χ3v) is 14.4. The van der Waals surface area contributed by atoms with E-state index in [9.17, 15) is 5.11 Å². The maximum Gasteiger partial charge on any atom is 0.196 e. The molecule has 4 aromatic carbocycles. The first kappa shape index (κ1) is 45.5. The van der Waals surface area contributed by atoms with Crippen LogP contribution >= 0.6 is 11.3 Å². The Bertz CT molecular complexity index is 2560. The molecule has 1 atom stereocenters. The van der Waals surface area contributed by atoms with Crippen LogP contribution in [0.2, 0.25) is 0 Å². The summed E-state index contributed by atoms with van der Waals surface area (Å²) in [6.45, 7) is 14.3. The van der Waals surface area contributed by atoms with Crippen LogP contribution in [0.4, 0.5) is 11.4 Å². The molecule has 1 N–H and O–H groups in total. The number of para-hydroxylation sites is 1. The fraction of sp³-hybridized carbons (Fsp3) is 0.370. The van der Waals surface area contributed by atoms with Crippen LogP contribution in [0.25, 0.3) is 5.00 Å². The minimum absolute atomic E-state index is 0. The molecule has 11 heteroatoms. The zero-order valence-corrected chi connectivity index (χ0v) is 38.3. The molecule has 6 heterocycles. The second-order valence-corrected chi connectivity index (χ2v) is 18.6. The van der Waals surface area contributed by atoms with Crippen molar-refractivity contribution in [2.24, 2.45) is 10.9 Å². The number of aryl methyl sites for hydroxylation is 4. The predicted octanol–water partition coefficient (Wildman–Crippen LogP) is 11.0. The molecule has 3 aromatic heterocycles. The van der Waals surface area contributed by atoms with Crippen molar-refractivity contribution in [3.05, 3.63) is 172 Å². The number of piperidine rings is 1. The lowest BCUT2D eigenvalue weighted by atomic mass is 9.92. The van der Waals surface area contributed by atoms with Crippen molar-refractivity contribution >= 4 is 28.4 Å². The van der Waals surface area contributed by atoms with Crippen LogP contribution in [0.5, 0.6) is 5.75 Å². The van der Waals surface area contributed by atoms with Gasteiger partial charge in [0.2, 0.25) is 0 Å². The van der Waals surface area contributed by atoms with E-state index in [1.807, 2.05) is 55.5 Å². The fourth-order valence-corrected chi connectivity index (χ4v) is 10.8. The zero-order valence-electron chi connectivity index (χ0n) is 37.4. The van der Waals surface area contributed by atoms with Gasteiger partial charge in [-0.15, -0.1) is 21.5 Å². The van der Waals surface area contributed by atoms with Crippen LogP contribution in [0, 0.1) is 26.7 Å². The van der Waals surface area contributed by atoms with Gasteiger partial charge < -0.3 is 19.3 Å². The molecule has 2 saturated heterocycles. The normalized spacial score (nSPS) is 17.2. The number of phenols is 1. The zero-order chi connectivity index (χ0) is 43.8. The van der Waals surface area contributed by atoms with Gasteiger partial charge in [-0.25, -0.2) is 4.98 Å². The van der Waals surface area contributed by atoms with Gasteiger partial charge in [-0.1, -0.05) is 80.2 Å². The van der Waals surface area contributed by atoms with Crippen LogP contribution in [0.15, 0.2) is 131 Å². The average Bonchev–Trinajstić information content (AvgIpc) is 4.06. The molecule has 11 rings (SSSR count). The van der Waals surface area contributed by atoms with Gasteiger partial charge in [0, 0.05) is 73.2 Å². The molecule has 2 fully saturated rings. The van der Waals surface area contributed by atoms with Crippen molar-refractivity contribution in [3.63, 3.8) is 0 Å². The number of fused-ring (bicyclic) bond motifs is 4. The highest BCUT2D eigenvalue weighted by atomic mass is 32.1. The molecule has 1 aliphatic carbocycles. The van der Waals surface area contributed by atoms with Gasteiger partial charge in [0.25, 0.3) is 0 Å². The number of thiophene rings is 1. The highest BCUT2D eigenvalue weighted by Crippen LogP contribution is 2.40. The number of hydrogen-bond acceptors (Lipinski definition) is 10. The third-order valence-electron chi connectivity index (χ3n) is 13.2. The lowest BCUT2D eigenvalue weighted by molar-refractivity contribution is 0.201. The van der Waals surface area contributed by atoms with Gasteiger partial charge in [0.15, 0.2) is 11.7 Å². The molecule has 1 unspecified atom stereocenters. The third kappa shape index (κ3) is 10.7. The Kier molecular flexibility index (Phi) is 14.9. The topological polar surface area (TPSA) is 99.0 Å².